The van der Waals surface area contributed by atoms with Gasteiger partial charge in [-0.15, -0.1) is 0 Å². The normalized spacial score (nSPS) is 13.2. The molecule has 0 saturated heterocycles. The fourth-order valence-corrected chi connectivity index (χ4v) is 0.332. The summed E-state index contributed by atoms with van der Waals surface area (Å²) in [6, 6.07) is 0. The van der Waals surface area contributed by atoms with E-state index in [1.165, 1.54) is 0 Å². The van der Waals surface area contributed by atoms with E-state index in [4.69, 9.17) is 10.2 Å². The Morgan fingerprint density at radius 1 is 1.75 bits per heavy atom. The van der Waals surface area contributed by atoms with Gasteiger partial charge in [0.2, 0.25) is 0 Å². The fourth-order valence-electron chi connectivity index (χ4n) is 0.332. The summed E-state index contributed by atoms with van der Waals surface area (Å²) in [6.07, 6.45) is -0.0985. The molecule has 0 rings (SSSR count). The SMILES string of the molecule is CC(O)CCC(=O)O. The van der Waals surface area contributed by atoms with Gasteiger partial charge in [-0.1, -0.05) is 0 Å². The molecule has 1 atom stereocenters. The van der Waals surface area contributed by atoms with Crippen LogP contribution in [0.1, 0.15) is 19.8 Å². The van der Waals surface area contributed by atoms with Crippen LogP contribution < -0.4 is 0 Å². The van der Waals surface area contributed by atoms with Gasteiger partial charge in [0.05, 0.1) is 6.10 Å². The van der Waals surface area contributed by atoms with Crippen LogP contribution >= 0.6 is 0 Å². The number of hydrogen-bond donors (Lipinski definition) is 2. The Morgan fingerprint density at radius 3 is 2.38 bits per heavy atom. The van der Waals surface area contributed by atoms with Gasteiger partial charge in [-0.3, -0.25) is 4.79 Å². The van der Waals surface area contributed by atoms with Crippen molar-refractivity contribution in [3.63, 3.8) is 0 Å². The predicted molar refractivity (Wildman–Crippen MR) is 28.6 cm³/mol. The fraction of sp³-hybridized carbons (Fsp3) is 0.800. The Labute approximate surface area is 47.9 Å². The van der Waals surface area contributed by atoms with Gasteiger partial charge in [0.25, 0.3) is 0 Å². The van der Waals surface area contributed by atoms with E-state index in [-0.39, 0.29) is 6.42 Å². The monoisotopic (exact) mass is 118 g/mol. The molecule has 0 bridgehead atoms. The van der Waals surface area contributed by atoms with Crippen molar-refractivity contribution in [3.05, 3.63) is 0 Å². The van der Waals surface area contributed by atoms with Gasteiger partial charge >= 0.3 is 5.97 Å². The van der Waals surface area contributed by atoms with Gasteiger partial charge in [0, 0.05) is 6.42 Å². The van der Waals surface area contributed by atoms with Crippen LogP contribution in [0.4, 0.5) is 0 Å². The van der Waals surface area contributed by atoms with Crippen LogP contribution in [0.15, 0.2) is 0 Å². The lowest BCUT2D eigenvalue weighted by atomic mass is 10.2. The smallest absolute Gasteiger partial charge is 0.303 e. The first-order valence-electron chi connectivity index (χ1n) is 2.53. The van der Waals surface area contributed by atoms with Crippen LogP contribution in [0.5, 0.6) is 0 Å². The lowest BCUT2D eigenvalue weighted by Gasteiger charge is -1.97. The molecule has 0 aromatic heterocycles. The standard InChI is InChI=1S/C5H10O3/c1-4(6)2-3-5(7)8/h4,6H,2-3H2,1H3,(H,7,8). The summed E-state index contributed by atoms with van der Waals surface area (Å²) in [5, 5.41) is 16.6. The summed E-state index contributed by atoms with van der Waals surface area (Å²) in [7, 11) is 0. The van der Waals surface area contributed by atoms with Gasteiger partial charge in [-0.05, 0) is 13.3 Å². The molecule has 0 amide bonds. The zero-order valence-corrected chi connectivity index (χ0v) is 4.79. The van der Waals surface area contributed by atoms with Crippen LogP contribution in [0.2, 0.25) is 0 Å². The summed E-state index contributed by atoms with van der Waals surface area (Å²) in [4.78, 5) is 9.79. The van der Waals surface area contributed by atoms with Crippen LogP contribution in [0.3, 0.4) is 0 Å². The third kappa shape index (κ3) is 5.43. The van der Waals surface area contributed by atoms with E-state index in [2.05, 4.69) is 0 Å². The molecule has 0 saturated carbocycles. The van der Waals surface area contributed by atoms with Gasteiger partial charge in [0.1, 0.15) is 0 Å². The van der Waals surface area contributed by atoms with Crippen LogP contribution in [0, 0.1) is 0 Å². The second kappa shape index (κ2) is 3.43. The highest BCUT2D eigenvalue weighted by Crippen LogP contribution is 1.93. The minimum Gasteiger partial charge on any atom is -0.481 e. The Morgan fingerprint density at radius 2 is 2.25 bits per heavy atom. The van der Waals surface area contributed by atoms with E-state index in [9.17, 15) is 4.79 Å². The molecule has 0 aromatic rings. The second-order valence-electron chi connectivity index (χ2n) is 1.78. The lowest BCUT2D eigenvalue weighted by molar-refractivity contribution is -0.137. The number of hydrogen-bond acceptors (Lipinski definition) is 2. The molecule has 0 fully saturated rings. The van der Waals surface area contributed by atoms with Gasteiger partial charge in [-0.2, -0.15) is 0 Å². The lowest BCUT2D eigenvalue weighted by Crippen LogP contribution is -2.03. The average Bonchev–Trinajstić information content (AvgIpc) is 1.61. The summed E-state index contributed by atoms with van der Waals surface area (Å²) in [5.74, 6) is -0.856. The van der Waals surface area contributed by atoms with Crippen molar-refractivity contribution < 1.29 is 15.0 Å². The van der Waals surface area contributed by atoms with Crippen LogP contribution in [-0.4, -0.2) is 22.3 Å². The zero-order valence-electron chi connectivity index (χ0n) is 4.79. The molecule has 0 radical (unpaired) electrons. The quantitative estimate of drug-likeness (QED) is 0.557. The van der Waals surface area contributed by atoms with Crippen LogP contribution in [-0.2, 0) is 4.79 Å². The topological polar surface area (TPSA) is 57.5 Å². The molecular formula is C5H10O3. The number of carbonyl (C=O) groups is 1. The minimum atomic E-state index is -0.856. The van der Waals surface area contributed by atoms with Crippen LogP contribution in [0.25, 0.3) is 0 Å². The number of carboxylic acid groups (broad SMARTS) is 1. The molecule has 3 nitrogen and oxygen atoms in total. The minimum absolute atomic E-state index is 0.0532. The van der Waals surface area contributed by atoms with E-state index >= 15 is 0 Å². The zero-order chi connectivity index (χ0) is 6.57. The first-order valence-corrected chi connectivity index (χ1v) is 2.53. The highest BCUT2D eigenvalue weighted by molar-refractivity contribution is 5.66. The number of rotatable bonds is 3. The van der Waals surface area contributed by atoms with Crippen molar-refractivity contribution in [1.82, 2.24) is 0 Å². The van der Waals surface area contributed by atoms with Gasteiger partial charge in [-0.25, -0.2) is 0 Å². The van der Waals surface area contributed by atoms with E-state index in [1.54, 1.807) is 6.92 Å². The molecule has 2 N–H and O–H groups in total. The van der Waals surface area contributed by atoms with Crippen molar-refractivity contribution >= 4 is 5.97 Å². The largest absolute Gasteiger partial charge is 0.481 e. The Bertz CT molecular complexity index is 77.7. The molecular weight excluding hydrogens is 108 g/mol. The Kier molecular flexibility index (Phi) is 3.19. The number of aliphatic hydroxyl groups excluding tert-OH is 1. The van der Waals surface area contributed by atoms with Crippen molar-refractivity contribution in [2.45, 2.75) is 25.9 Å². The van der Waals surface area contributed by atoms with Gasteiger partial charge in [0.15, 0.2) is 0 Å². The number of carboxylic acids is 1. The maximum Gasteiger partial charge on any atom is 0.303 e. The van der Waals surface area contributed by atoms with Crippen molar-refractivity contribution in [2.24, 2.45) is 0 Å². The molecule has 0 aliphatic rings. The van der Waals surface area contributed by atoms with Gasteiger partial charge < -0.3 is 10.2 Å². The maximum absolute atomic E-state index is 9.79. The first kappa shape index (κ1) is 7.43. The molecule has 0 aliphatic heterocycles. The van der Waals surface area contributed by atoms with E-state index in [0.29, 0.717) is 6.42 Å². The molecule has 0 spiro atoms. The summed E-state index contributed by atoms with van der Waals surface area (Å²) in [6.45, 7) is 1.57. The van der Waals surface area contributed by atoms with Crippen molar-refractivity contribution in [2.75, 3.05) is 0 Å². The molecule has 0 aromatic carbocycles. The maximum atomic E-state index is 9.79. The van der Waals surface area contributed by atoms with Crippen molar-refractivity contribution in [1.29, 1.82) is 0 Å². The molecule has 8 heavy (non-hydrogen) atoms. The predicted octanol–water partition coefficient (Wildman–Crippen LogP) is 0.232. The number of aliphatic carboxylic acids is 1. The molecule has 0 heterocycles. The first-order chi connectivity index (χ1) is 3.63. The summed E-state index contributed by atoms with van der Waals surface area (Å²) in [5.41, 5.74) is 0. The highest BCUT2D eigenvalue weighted by atomic mass is 16.4. The number of aliphatic hydroxyl groups is 1. The Balaban J connectivity index is 3.05. The third-order valence-corrected chi connectivity index (χ3v) is 0.776. The summed E-state index contributed by atoms with van der Waals surface area (Å²) < 4.78 is 0. The highest BCUT2D eigenvalue weighted by Gasteiger charge is 1.99. The van der Waals surface area contributed by atoms with E-state index < -0.39 is 12.1 Å². The van der Waals surface area contributed by atoms with E-state index in [1.807, 2.05) is 0 Å². The summed E-state index contributed by atoms with van der Waals surface area (Å²) >= 11 is 0. The molecule has 48 valence electrons. The third-order valence-electron chi connectivity index (χ3n) is 0.776. The molecule has 0 aliphatic carbocycles. The molecule has 3 heteroatoms. The molecule has 1 unspecified atom stereocenters. The Hall–Kier alpha value is -0.570. The van der Waals surface area contributed by atoms with E-state index in [0.717, 1.165) is 0 Å². The van der Waals surface area contributed by atoms with Crippen molar-refractivity contribution in [3.8, 4) is 0 Å². The second-order valence-corrected chi connectivity index (χ2v) is 1.78. The average molecular weight is 118 g/mol.